The molecule has 1 aromatic carbocycles. The first-order valence-electron chi connectivity index (χ1n) is 5.58. The van der Waals surface area contributed by atoms with E-state index in [2.05, 4.69) is 15.4 Å². The standard InChI is InChI=1S/C12H13N5O/c1-17-7-8(6-15-17)5-14-12-16-10-4-9(13)2-3-11(10)18-12/h2-4,6-7H,5,13H2,1H3,(H,14,16). The third-order valence-corrected chi connectivity index (χ3v) is 2.61. The van der Waals surface area contributed by atoms with Crippen molar-refractivity contribution in [2.45, 2.75) is 6.54 Å². The Balaban J connectivity index is 1.78. The van der Waals surface area contributed by atoms with E-state index in [9.17, 15) is 0 Å². The number of oxazole rings is 1. The Labute approximate surface area is 103 Å². The lowest BCUT2D eigenvalue weighted by Crippen LogP contribution is -1.98. The third-order valence-electron chi connectivity index (χ3n) is 2.61. The molecule has 2 aromatic heterocycles. The quantitative estimate of drug-likeness (QED) is 0.685. The highest BCUT2D eigenvalue weighted by atomic mass is 16.4. The number of nitrogen functional groups attached to an aromatic ring is 1. The monoisotopic (exact) mass is 243 g/mol. The zero-order valence-electron chi connectivity index (χ0n) is 9.92. The van der Waals surface area contributed by atoms with E-state index < -0.39 is 0 Å². The Kier molecular flexibility index (Phi) is 2.40. The van der Waals surface area contributed by atoms with Crippen molar-refractivity contribution in [3.05, 3.63) is 36.2 Å². The second kappa shape index (κ2) is 4.06. The number of hydrogen-bond donors (Lipinski definition) is 2. The fourth-order valence-electron chi connectivity index (χ4n) is 1.76. The summed E-state index contributed by atoms with van der Waals surface area (Å²) in [6.07, 6.45) is 3.74. The molecule has 0 saturated carbocycles. The second-order valence-corrected chi connectivity index (χ2v) is 4.12. The molecule has 0 fully saturated rings. The van der Waals surface area contributed by atoms with Gasteiger partial charge in [0, 0.05) is 31.0 Å². The summed E-state index contributed by atoms with van der Waals surface area (Å²) in [7, 11) is 1.88. The van der Waals surface area contributed by atoms with Crippen LogP contribution in [0.1, 0.15) is 5.56 Å². The SMILES string of the molecule is Cn1cc(CNc2nc3cc(N)ccc3o2)cn1. The Hall–Kier alpha value is -2.50. The predicted octanol–water partition coefficient (Wildman–Crippen LogP) is 1.76. The molecule has 18 heavy (non-hydrogen) atoms. The number of benzene rings is 1. The summed E-state index contributed by atoms with van der Waals surface area (Å²) >= 11 is 0. The normalized spacial score (nSPS) is 10.9. The maximum absolute atomic E-state index is 5.69. The predicted molar refractivity (Wildman–Crippen MR) is 69.0 cm³/mol. The van der Waals surface area contributed by atoms with Crippen molar-refractivity contribution in [1.82, 2.24) is 14.8 Å². The third kappa shape index (κ3) is 2.00. The second-order valence-electron chi connectivity index (χ2n) is 4.12. The van der Waals surface area contributed by atoms with Crippen LogP contribution >= 0.6 is 0 Å². The maximum atomic E-state index is 5.69. The summed E-state index contributed by atoms with van der Waals surface area (Å²) in [5.41, 5.74) is 8.91. The molecular weight excluding hydrogens is 230 g/mol. The van der Waals surface area contributed by atoms with Crippen molar-refractivity contribution < 1.29 is 4.42 Å². The van der Waals surface area contributed by atoms with Crippen LogP contribution in [0.3, 0.4) is 0 Å². The highest BCUT2D eigenvalue weighted by Crippen LogP contribution is 2.21. The Morgan fingerprint density at radius 1 is 1.44 bits per heavy atom. The van der Waals surface area contributed by atoms with Crippen LogP contribution < -0.4 is 11.1 Å². The van der Waals surface area contributed by atoms with Gasteiger partial charge in [0.05, 0.1) is 6.20 Å². The van der Waals surface area contributed by atoms with E-state index >= 15 is 0 Å². The van der Waals surface area contributed by atoms with Crippen LogP contribution in [-0.2, 0) is 13.6 Å². The fourth-order valence-corrected chi connectivity index (χ4v) is 1.76. The summed E-state index contributed by atoms with van der Waals surface area (Å²) < 4.78 is 7.30. The molecule has 6 heteroatoms. The van der Waals surface area contributed by atoms with E-state index in [0.717, 1.165) is 16.7 Å². The smallest absolute Gasteiger partial charge is 0.295 e. The molecule has 0 unspecified atom stereocenters. The van der Waals surface area contributed by atoms with Crippen LogP contribution in [0.25, 0.3) is 11.1 Å². The lowest BCUT2D eigenvalue weighted by atomic mass is 10.3. The molecule has 92 valence electrons. The fraction of sp³-hybridized carbons (Fsp3) is 0.167. The number of nitrogens with zero attached hydrogens (tertiary/aromatic N) is 3. The lowest BCUT2D eigenvalue weighted by Gasteiger charge is -1.96. The summed E-state index contributed by atoms with van der Waals surface area (Å²) in [6, 6.07) is 5.87. The topological polar surface area (TPSA) is 81.9 Å². The number of nitrogens with two attached hydrogens (primary N) is 1. The van der Waals surface area contributed by atoms with E-state index in [0.29, 0.717) is 18.2 Å². The maximum Gasteiger partial charge on any atom is 0.295 e. The Bertz CT molecular complexity index is 685. The first-order chi connectivity index (χ1) is 8.70. The van der Waals surface area contributed by atoms with E-state index in [4.69, 9.17) is 10.2 Å². The first-order valence-corrected chi connectivity index (χ1v) is 5.58. The van der Waals surface area contributed by atoms with Crippen LogP contribution in [0.2, 0.25) is 0 Å². The minimum Gasteiger partial charge on any atom is -0.424 e. The number of fused-ring (bicyclic) bond motifs is 1. The van der Waals surface area contributed by atoms with Crippen LogP contribution in [0.15, 0.2) is 35.0 Å². The van der Waals surface area contributed by atoms with Crippen LogP contribution in [0.4, 0.5) is 11.7 Å². The largest absolute Gasteiger partial charge is 0.424 e. The minimum atomic E-state index is 0.486. The van der Waals surface area contributed by atoms with Crippen molar-refractivity contribution in [2.75, 3.05) is 11.1 Å². The van der Waals surface area contributed by atoms with E-state index in [1.54, 1.807) is 23.0 Å². The number of aromatic nitrogens is 3. The summed E-state index contributed by atoms with van der Waals surface area (Å²) in [5, 5.41) is 7.20. The van der Waals surface area contributed by atoms with Crippen molar-refractivity contribution in [3.63, 3.8) is 0 Å². The van der Waals surface area contributed by atoms with Gasteiger partial charge in [-0.3, -0.25) is 4.68 Å². The lowest BCUT2D eigenvalue weighted by molar-refractivity contribution is 0.614. The van der Waals surface area contributed by atoms with Gasteiger partial charge in [-0.2, -0.15) is 10.1 Å². The number of hydrogen-bond acceptors (Lipinski definition) is 5. The highest BCUT2D eigenvalue weighted by molar-refractivity contribution is 5.78. The molecule has 0 spiro atoms. The van der Waals surface area contributed by atoms with Gasteiger partial charge >= 0.3 is 0 Å². The van der Waals surface area contributed by atoms with Gasteiger partial charge in [0.15, 0.2) is 5.58 Å². The van der Waals surface area contributed by atoms with Gasteiger partial charge in [-0.25, -0.2) is 0 Å². The molecule has 0 amide bonds. The molecule has 0 saturated heterocycles. The molecule has 3 N–H and O–H groups in total. The highest BCUT2D eigenvalue weighted by Gasteiger charge is 2.05. The van der Waals surface area contributed by atoms with Crippen LogP contribution in [0, 0.1) is 0 Å². The molecule has 0 aliphatic heterocycles. The van der Waals surface area contributed by atoms with E-state index in [-0.39, 0.29) is 0 Å². The molecule has 3 rings (SSSR count). The molecule has 0 aliphatic carbocycles. The molecule has 0 bridgehead atoms. The zero-order valence-corrected chi connectivity index (χ0v) is 9.92. The number of nitrogens with one attached hydrogen (secondary N) is 1. The van der Waals surface area contributed by atoms with Crippen molar-refractivity contribution in [2.24, 2.45) is 7.05 Å². The summed E-state index contributed by atoms with van der Waals surface area (Å²) in [4.78, 5) is 4.31. The Morgan fingerprint density at radius 2 is 2.33 bits per heavy atom. The molecule has 6 nitrogen and oxygen atoms in total. The molecule has 2 heterocycles. The molecule has 3 aromatic rings. The first kappa shape index (κ1) is 10.6. The molecule has 0 aliphatic rings. The van der Waals surface area contributed by atoms with Crippen molar-refractivity contribution in [1.29, 1.82) is 0 Å². The van der Waals surface area contributed by atoms with Gasteiger partial charge in [-0.15, -0.1) is 0 Å². The molecular formula is C12H13N5O. The molecule has 0 atom stereocenters. The average Bonchev–Trinajstić information content (AvgIpc) is 2.92. The van der Waals surface area contributed by atoms with Gasteiger partial charge in [0.1, 0.15) is 5.52 Å². The average molecular weight is 243 g/mol. The van der Waals surface area contributed by atoms with Crippen LogP contribution in [0.5, 0.6) is 0 Å². The van der Waals surface area contributed by atoms with E-state index in [1.807, 2.05) is 19.3 Å². The van der Waals surface area contributed by atoms with Crippen molar-refractivity contribution in [3.8, 4) is 0 Å². The summed E-state index contributed by atoms with van der Waals surface area (Å²) in [6.45, 7) is 0.621. The number of anilines is 2. The number of aryl methyl sites for hydroxylation is 1. The number of rotatable bonds is 3. The molecule has 0 radical (unpaired) electrons. The van der Waals surface area contributed by atoms with E-state index in [1.165, 1.54) is 0 Å². The van der Waals surface area contributed by atoms with Crippen LogP contribution in [-0.4, -0.2) is 14.8 Å². The summed E-state index contributed by atoms with van der Waals surface area (Å²) in [5.74, 6) is 0. The van der Waals surface area contributed by atoms with Gasteiger partial charge < -0.3 is 15.5 Å². The minimum absolute atomic E-state index is 0.486. The zero-order chi connectivity index (χ0) is 12.5. The van der Waals surface area contributed by atoms with Crippen molar-refractivity contribution >= 4 is 22.8 Å². The van der Waals surface area contributed by atoms with Gasteiger partial charge in [0.2, 0.25) is 0 Å². The van der Waals surface area contributed by atoms with Gasteiger partial charge in [-0.05, 0) is 18.2 Å². The Morgan fingerprint density at radius 3 is 3.11 bits per heavy atom. The van der Waals surface area contributed by atoms with Gasteiger partial charge in [0.25, 0.3) is 6.01 Å². The van der Waals surface area contributed by atoms with Gasteiger partial charge in [-0.1, -0.05) is 0 Å².